The van der Waals surface area contributed by atoms with Gasteiger partial charge in [-0.05, 0) is 163 Å². The summed E-state index contributed by atoms with van der Waals surface area (Å²) >= 11 is 0. The zero-order chi connectivity index (χ0) is 48.3. The fourth-order valence-electron chi connectivity index (χ4n) is 14.0. The van der Waals surface area contributed by atoms with Crippen molar-refractivity contribution in [3.8, 4) is 0 Å². The Labute approximate surface area is 420 Å². The Morgan fingerprint density at radius 2 is 1.37 bits per heavy atom. The molecule has 1 aliphatic heterocycles. The van der Waals surface area contributed by atoms with Crippen LogP contribution in [-0.4, -0.2) is 102 Å². The van der Waals surface area contributed by atoms with E-state index < -0.39 is 0 Å². The molecule has 0 amide bonds. The van der Waals surface area contributed by atoms with E-state index in [0.717, 1.165) is 74.5 Å². The Hall–Kier alpha value is -1.06. The molecule has 10 atom stereocenters. The number of unbranched alkanes of at least 4 members (excludes halogenated alkanes) is 9. The summed E-state index contributed by atoms with van der Waals surface area (Å²) in [6, 6.07) is 0.627. The molecule has 3 saturated carbocycles. The largest absolute Gasteiger partial charge is 0.379 e. The van der Waals surface area contributed by atoms with Crippen LogP contribution >= 0.6 is 0 Å². The van der Waals surface area contributed by atoms with Crippen LogP contribution in [0.5, 0.6) is 0 Å². The molecule has 2 unspecified atom stereocenters. The number of rotatable bonds is 38. The van der Waals surface area contributed by atoms with Crippen molar-refractivity contribution < 1.29 is 28.4 Å². The molecule has 7 nitrogen and oxygen atoms in total. The van der Waals surface area contributed by atoms with Gasteiger partial charge in [-0.1, -0.05) is 135 Å². The molecule has 0 radical (unpaired) electrons. The summed E-state index contributed by atoms with van der Waals surface area (Å²) in [4.78, 5) is 2.56. The van der Waals surface area contributed by atoms with Crippen molar-refractivity contribution in [1.29, 1.82) is 0 Å². The fraction of sp³-hybridized carbons (Fsp3) is 0.902. The topological polar surface area (TPSA) is 58.6 Å². The van der Waals surface area contributed by atoms with Crippen LogP contribution in [0.1, 0.15) is 209 Å². The highest BCUT2D eigenvalue weighted by molar-refractivity contribution is 5.25. The van der Waals surface area contributed by atoms with E-state index >= 15 is 0 Å². The summed E-state index contributed by atoms with van der Waals surface area (Å²) in [5.74, 6) is 5.33. The molecule has 0 aromatic rings. The number of hydrogen-bond acceptors (Lipinski definition) is 7. The number of ether oxygens (including phenoxy) is 6. The molecule has 7 heteroatoms. The molecule has 4 fully saturated rings. The second-order valence-corrected chi connectivity index (χ2v) is 23.5. The first-order valence-corrected chi connectivity index (χ1v) is 29.4. The van der Waals surface area contributed by atoms with E-state index in [2.05, 4.69) is 83.7 Å². The van der Waals surface area contributed by atoms with E-state index in [1.54, 1.807) is 5.57 Å². The number of likely N-dealkylation sites (tertiary alicyclic amines) is 1. The van der Waals surface area contributed by atoms with E-state index in [0.29, 0.717) is 82.4 Å². The highest BCUT2D eigenvalue weighted by Gasteiger charge is 2.59. The van der Waals surface area contributed by atoms with E-state index in [1.165, 1.54) is 141 Å². The van der Waals surface area contributed by atoms with Crippen molar-refractivity contribution in [3.05, 3.63) is 36.0 Å². The third-order valence-electron chi connectivity index (χ3n) is 18.1. The molecule has 1 heterocycles. The summed E-state index contributed by atoms with van der Waals surface area (Å²) < 4.78 is 36.6. The van der Waals surface area contributed by atoms with E-state index in [4.69, 9.17) is 28.4 Å². The van der Waals surface area contributed by atoms with E-state index in [1.807, 2.05) is 0 Å². The summed E-state index contributed by atoms with van der Waals surface area (Å²) in [6.45, 7) is 25.7. The number of fused-ring (bicyclic) bond motifs is 5. The second-order valence-electron chi connectivity index (χ2n) is 23.5. The summed E-state index contributed by atoms with van der Waals surface area (Å²) in [5, 5.41) is 0. The molecule has 394 valence electrons. The average Bonchev–Trinajstić information content (AvgIpc) is 3.91. The smallest absolute Gasteiger partial charge is 0.0936 e. The van der Waals surface area contributed by atoms with Crippen LogP contribution in [0.4, 0.5) is 0 Å². The minimum Gasteiger partial charge on any atom is -0.379 e. The number of allylic oxidation sites excluding steroid dienone is 5. The lowest BCUT2D eigenvalue weighted by molar-refractivity contribution is -0.0697. The standard InChI is InChI=1S/C61H109NO6/c1-8-9-10-11-12-13-14-15-16-17-18-19-20-21-22-23-38-66-49-55(48-62-37-25-28-52(62)5)68-46-44-65-42-40-63-39-41-64-43-45-67-54-33-35-60(6)53(47-54)29-30-56-58-32-31-57(51(4)27-24-26-50(2)3)61(58,7)36-34-59(56)60/h12-13,15-16,29,50-52,54-59H,8-11,14,17-28,30-49H2,1-7H3/b13-12-,16-15-/t51-,52?,54+,55?,56+,57-,58+,59+,60+,61-/m1/s1. The van der Waals surface area contributed by atoms with Crippen LogP contribution in [0.2, 0.25) is 0 Å². The van der Waals surface area contributed by atoms with Crippen LogP contribution in [0.15, 0.2) is 36.0 Å². The molecule has 0 N–H and O–H groups in total. The molecule has 0 spiro atoms. The van der Waals surface area contributed by atoms with Gasteiger partial charge in [0.25, 0.3) is 0 Å². The van der Waals surface area contributed by atoms with Gasteiger partial charge in [0.1, 0.15) is 0 Å². The van der Waals surface area contributed by atoms with Crippen LogP contribution in [0.3, 0.4) is 0 Å². The minimum atomic E-state index is 0.0864. The SMILES string of the molecule is CCCCC/C=C\C/C=C\CCCCCCCCOCC(CN1CCCC1C)OCCOCCOCCOCCO[C@H]1CC[C@@]2(C)C(=CC[C@H]3[C@@H]4CC[C@H]([C@H](C)CCCC(C)C)[C@@]4(C)CC[C@@H]32)C1. The lowest BCUT2D eigenvalue weighted by Crippen LogP contribution is -2.51. The van der Waals surface area contributed by atoms with Gasteiger partial charge in [0.2, 0.25) is 0 Å². The summed E-state index contributed by atoms with van der Waals surface area (Å²) in [7, 11) is 0. The van der Waals surface area contributed by atoms with Crippen molar-refractivity contribution in [2.45, 2.75) is 227 Å². The molecular formula is C61H109NO6. The fourth-order valence-corrected chi connectivity index (χ4v) is 14.0. The molecule has 5 rings (SSSR count). The number of hydrogen-bond donors (Lipinski definition) is 0. The van der Waals surface area contributed by atoms with Gasteiger partial charge in [0.05, 0.1) is 71.7 Å². The van der Waals surface area contributed by atoms with Gasteiger partial charge < -0.3 is 28.4 Å². The van der Waals surface area contributed by atoms with Gasteiger partial charge in [-0.3, -0.25) is 4.90 Å². The van der Waals surface area contributed by atoms with Crippen molar-refractivity contribution in [2.75, 3.05) is 79.2 Å². The molecular weight excluding hydrogens is 843 g/mol. The molecule has 68 heavy (non-hydrogen) atoms. The second kappa shape index (κ2) is 32.9. The first-order valence-electron chi connectivity index (χ1n) is 29.4. The Morgan fingerprint density at radius 1 is 0.676 bits per heavy atom. The third kappa shape index (κ3) is 19.4. The first kappa shape index (κ1) is 57.8. The molecule has 0 aromatic heterocycles. The predicted octanol–water partition coefficient (Wildman–Crippen LogP) is 15.2. The Balaban J connectivity index is 0.839. The van der Waals surface area contributed by atoms with Gasteiger partial charge in [-0.2, -0.15) is 0 Å². The zero-order valence-electron chi connectivity index (χ0n) is 45.6. The predicted molar refractivity (Wildman–Crippen MR) is 285 cm³/mol. The van der Waals surface area contributed by atoms with Crippen LogP contribution in [0.25, 0.3) is 0 Å². The lowest BCUT2D eigenvalue weighted by atomic mass is 9.47. The molecule has 5 aliphatic rings. The van der Waals surface area contributed by atoms with E-state index in [-0.39, 0.29) is 6.10 Å². The van der Waals surface area contributed by atoms with Crippen molar-refractivity contribution >= 4 is 0 Å². The van der Waals surface area contributed by atoms with Gasteiger partial charge in [-0.25, -0.2) is 0 Å². The average molecular weight is 953 g/mol. The number of nitrogens with zero attached hydrogens (tertiary/aromatic N) is 1. The Bertz CT molecular complexity index is 1400. The van der Waals surface area contributed by atoms with Crippen molar-refractivity contribution in [1.82, 2.24) is 4.90 Å². The zero-order valence-corrected chi connectivity index (χ0v) is 45.6. The highest BCUT2D eigenvalue weighted by atomic mass is 16.6. The quantitative estimate of drug-likeness (QED) is 0.0451. The maximum absolute atomic E-state index is 6.45. The summed E-state index contributed by atoms with van der Waals surface area (Å²) in [6.07, 6.45) is 45.2. The monoisotopic (exact) mass is 952 g/mol. The molecule has 0 aromatic carbocycles. The van der Waals surface area contributed by atoms with Gasteiger partial charge in [0, 0.05) is 19.2 Å². The van der Waals surface area contributed by atoms with Gasteiger partial charge in [0.15, 0.2) is 0 Å². The van der Waals surface area contributed by atoms with Crippen LogP contribution < -0.4 is 0 Å². The van der Waals surface area contributed by atoms with Crippen LogP contribution in [0, 0.1) is 46.3 Å². The van der Waals surface area contributed by atoms with Crippen molar-refractivity contribution in [3.63, 3.8) is 0 Å². The Morgan fingerprint density at radius 3 is 2.07 bits per heavy atom. The van der Waals surface area contributed by atoms with Gasteiger partial charge >= 0.3 is 0 Å². The van der Waals surface area contributed by atoms with Crippen molar-refractivity contribution in [2.24, 2.45) is 46.3 Å². The van der Waals surface area contributed by atoms with Gasteiger partial charge in [-0.15, -0.1) is 0 Å². The molecule has 1 saturated heterocycles. The van der Waals surface area contributed by atoms with Crippen LogP contribution in [-0.2, 0) is 28.4 Å². The maximum atomic E-state index is 6.45. The summed E-state index contributed by atoms with van der Waals surface area (Å²) in [5.41, 5.74) is 2.66. The normalized spacial score (nSPS) is 29.5. The molecule has 0 bridgehead atoms. The maximum Gasteiger partial charge on any atom is 0.0936 e. The highest BCUT2D eigenvalue weighted by Crippen LogP contribution is 2.67. The lowest BCUT2D eigenvalue weighted by Gasteiger charge is -2.58. The minimum absolute atomic E-state index is 0.0864. The third-order valence-corrected chi connectivity index (χ3v) is 18.1. The Kier molecular flexibility index (Phi) is 28.0. The van der Waals surface area contributed by atoms with E-state index in [9.17, 15) is 0 Å². The first-order chi connectivity index (χ1) is 33.2. The molecule has 4 aliphatic carbocycles.